The van der Waals surface area contributed by atoms with Crippen LogP contribution >= 0.6 is 11.8 Å². The number of hydrogen-bond acceptors (Lipinski definition) is 6. The Labute approximate surface area is 164 Å². The molecule has 2 saturated heterocycles. The zero-order valence-corrected chi connectivity index (χ0v) is 17.0. The first-order chi connectivity index (χ1) is 12.9. The predicted octanol–water partition coefficient (Wildman–Crippen LogP) is 1.93. The number of nitrogens with one attached hydrogen (secondary N) is 1. The number of imide groups is 1. The summed E-state index contributed by atoms with van der Waals surface area (Å²) in [6.45, 7) is 3.96. The fourth-order valence-corrected chi connectivity index (χ4v) is 4.87. The van der Waals surface area contributed by atoms with Crippen LogP contribution in [0.15, 0.2) is 24.3 Å². The fourth-order valence-electron chi connectivity index (χ4n) is 4.34. The van der Waals surface area contributed by atoms with Crippen LogP contribution in [0.25, 0.3) is 0 Å². The number of rotatable bonds is 6. The molecule has 0 bridgehead atoms. The minimum Gasteiger partial charge on any atom is -0.465 e. The Morgan fingerprint density at radius 1 is 1.33 bits per heavy atom. The molecule has 0 saturated carbocycles. The lowest BCUT2D eigenvalue weighted by Crippen LogP contribution is -2.56. The van der Waals surface area contributed by atoms with E-state index in [-0.39, 0.29) is 18.4 Å². The molecule has 0 unspecified atom stereocenters. The molecular formula is C20H26N2O4S. The van der Waals surface area contributed by atoms with Crippen LogP contribution in [0.3, 0.4) is 0 Å². The molecule has 6 nitrogen and oxygen atoms in total. The van der Waals surface area contributed by atoms with Crippen LogP contribution in [0, 0.1) is 18.8 Å². The first kappa shape index (κ1) is 19.9. The van der Waals surface area contributed by atoms with Gasteiger partial charge in [-0.25, -0.2) is 0 Å². The molecule has 1 aromatic rings. The summed E-state index contributed by atoms with van der Waals surface area (Å²) in [7, 11) is 1.50. The molecule has 0 spiro atoms. The molecule has 2 heterocycles. The Morgan fingerprint density at radius 3 is 2.70 bits per heavy atom. The van der Waals surface area contributed by atoms with E-state index in [0.29, 0.717) is 12.2 Å². The number of hydrogen-bond donors (Lipinski definition) is 1. The number of nitrogens with zero attached hydrogens (tertiary/aromatic N) is 1. The second-order valence-corrected chi connectivity index (χ2v) is 8.20. The van der Waals surface area contributed by atoms with Crippen LogP contribution in [-0.4, -0.2) is 53.9 Å². The molecule has 2 amide bonds. The normalized spacial score (nSPS) is 29.9. The highest BCUT2D eigenvalue weighted by Crippen LogP contribution is 2.50. The van der Waals surface area contributed by atoms with Crippen molar-refractivity contribution in [1.29, 1.82) is 0 Å². The van der Waals surface area contributed by atoms with Gasteiger partial charge in [0.1, 0.15) is 5.54 Å². The van der Waals surface area contributed by atoms with Gasteiger partial charge in [0, 0.05) is 13.1 Å². The highest BCUT2D eigenvalue weighted by Gasteiger charge is 2.67. The molecule has 3 rings (SSSR count). The molecule has 2 aliphatic heterocycles. The number of fused-ring (bicyclic) bond motifs is 1. The molecule has 0 radical (unpaired) electrons. The van der Waals surface area contributed by atoms with Crippen LogP contribution in [-0.2, 0) is 19.1 Å². The second-order valence-electron chi connectivity index (χ2n) is 7.21. The number of aryl methyl sites for hydroxylation is 1. The Bertz CT molecular complexity index is 768. The number of esters is 1. The van der Waals surface area contributed by atoms with Crippen molar-refractivity contribution >= 4 is 29.5 Å². The van der Waals surface area contributed by atoms with E-state index in [2.05, 4.69) is 5.32 Å². The molecule has 146 valence electrons. The minimum absolute atomic E-state index is 0.228. The van der Waals surface area contributed by atoms with Crippen molar-refractivity contribution in [2.24, 2.45) is 11.8 Å². The van der Waals surface area contributed by atoms with Gasteiger partial charge in [0.25, 0.3) is 0 Å². The Kier molecular flexibility index (Phi) is 5.63. The summed E-state index contributed by atoms with van der Waals surface area (Å²) >= 11 is 1.60. The van der Waals surface area contributed by atoms with Crippen molar-refractivity contribution < 1.29 is 19.1 Å². The Balaban J connectivity index is 2.12. The summed E-state index contributed by atoms with van der Waals surface area (Å²) in [5, 5.41) is 3.39. The van der Waals surface area contributed by atoms with E-state index < -0.39 is 29.4 Å². The van der Waals surface area contributed by atoms with Gasteiger partial charge in [-0.3, -0.25) is 24.6 Å². The van der Waals surface area contributed by atoms with Gasteiger partial charge in [-0.15, -0.1) is 0 Å². The van der Waals surface area contributed by atoms with Gasteiger partial charge in [-0.05, 0) is 37.8 Å². The highest BCUT2D eigenvalue weighted by molar-refractivity contribution is 7.98. The van der Waals surface area contributed by atoms with Crippen LogP contribution in [0.4, 0.5) is 0 Å². The summed E-state index contributed by atoms with van der Waals surface area (Å²) in [4.78, 5) is 40.1. The van der Waals surface area contributed by atoms with Crippen molar-refractivity contribution in [2.45, 2.75) is 31.8 Å². The van der Waals surface area contributed by atoms with Crippen LogP contribution in [0.2, 0.25) is 0 Å². The van der Waals surface area contributed by atoms with Gasteiger partial charge in [-0.1, -0.05) is 29.8 Å². The highest BCUT2D eigenvalue weighted by atomic mass is 32.2. The molecule has 2 aliphatic rings. The fraction of sp³-hybridized carbons (Fsp3) is 0.550. The largest absolute Gasteiger partial charge is 0.465 e. The van der Waals surface area contributed by atoms with Crippen LogP contribution in [0.5, 0.6) is 0 Å². The van der Waals surface area contributed by atoms with Crippen molar-refractivity contribution in [3.8, 4) is 0 Å². The molecular weight excluding hydrogens is 364 g/mol. The maximum Gasteiger partial charge on any atom is 0.327 e. The number of amides is 2. The van der Waals surface area contributed by atoms with Crippen molar-refractivity contribution in [2.75, 3.05) is 25.7 Å². The zero-order valence-electron chi connectivity index (χ0n) is 16.2. The quantitative estimate of drug-likeness (QED) is 0.591. The molecule has 0 aromatic heterocycles. The van der Waals surface area contributed by atoms with Gasteiger partial charge in [-0.2, -0.15) is 11.8 Å². The van der Waals surface area contributed by atoms with Gasteiger partial charge in [0.15, 0.2) is 0 Å². The van der Waals surface area contributed by atoms with Crippen LogP contribution < -0.4 is 5.32 Å². The van der Waals surface area contributed by atoms with Crippen LogP contribution in [0.1, 0.15) is 30.5 Å². The first-order valence-corrected chi connectivity index (χ1v) is 10.6. The van der Waals surface area contributed by atoms with E-state index in [1.54, 1.807) is 18.7 Å². The maximum atomic E-state index is 13.0. The third kappa shape index (κ3) is 3.17. The summed E-state index contributed by atoms with van der Waals surface area (Å²) in [5.74, 6) is -1.65. The van der Waals surface area contributed by atoms with E-state index in [9.17, 15) is 14.4 Å². The average molecular weight is 391 g/mol. The lowest BCUT2D eigenvalue weighted by molar-refractivity contribution is -0.156. The van der Waals surface area contributed by atoms with Crippen molar-refractivity contribution in [3.05, 3.63) is 35.4 Å². The Morgan fingerprint density at radius 2 is 2.07 bits per heavy atom. The van der Waals surface area contributed by atoms with Gasteiger partial charge >= 0.3 is 5.97 Å². The molecule has 0 aliphatic carbocycles. The molecule has 1 N–H and O–H groups in total. The zero-order chi connectivity index (χ0) is 19.8. The standard InChI is InChI=1S/C20H26N2O4S/c1-5-26-19(25)20(9-10-27-4)15-14(17(23)22(3)18(15)24)16(21-20)13-8-6-7-12(2)11-13/h6-8,11,14-16,21H,5,9-10H2,1-4H3/t14-,15-,16-,20-/m0/s1. The summed E-state index contributed by atoms with van der Waals surface area (Å²) < 4.78 is 5.37. The number of carbonyl (C=O) groups excluding carboxylic acids is 3. The van der Waals surface area contributed by atoms with Crippen molar-refractivity contribution in [1.82, 2.24) is 10.2 Å². The smallest absolute Gasteiger partial charge is 0.327 e. The number of benzene rings is 1. The van der Waals surface area contributed by atoms with E-state index in [1.165, 1.54) is 11.9 Å². The van der Waals surface area contributed by atoms with E-state index in [4.69, 9.17) is 4.74 Å². The van der Waals surface area contributed by atoms with Gasteiger partial charge < -0.3 is 4.74 Å². The monoisotopic (exact) mass is 390 g/mol. The molecule has 4 atom stereocenters. The summed E-state index contributed by atoms with van der Waals surface area (Å²) in [5.41, 5.74) is 0.792. The summed E-state index contributed by atoms with van der Waals surface area (Å²) in [6.07, 6.45) is 2.39. The van der Waals surface area contributed by atoms with Gasteiger partial charge in [0.2, 0.25) is 11.8 Å². The summed E-state index contributed by atoms with van der Waals surface area (Å²) in [6, 6.07) is 7.45. The number of likely N-dealkylation sites (tertiary alicyclic amines) is 1. The number of ether oxygens (including phenoxy) is 1. The average Bonchev–Trinajstić information content (AvgIpc) is 3.11. The third-order valence-corrected chi connectivity index (χ3v) is 6.23. The predicted molar refractivity (Wildman–Crippen MR) is 104 cm³/mol. The Hall–Kier alpha value is -1.86. The number of carbonyl (C=O) groups is 3. The second kappa shape index (κ2) is 7.64. The maximum absolute atomic E-state index is 13.0. The molecule has 7 heteroatoms. The van der Waals surface area contributed by atoms with E-state index >= 15 is 0 Å². The van der Waals surface area contributed by atoms with E-state index in [0.717, 1.165) is 11.1 Å². The molecule has 27 heavy (non-hydrogen) atoms. The van der Waals surface area contributed by atoms with Crippen molar-refractivity contribution in [3.63, 3.8) is 0 Å². The first-order valence-electron chi connectivity index (χ1n) is 9.19. The lowest BCUT2D eigenvalue weighted by atomic mass is 9.77. The molecule has 1 aromatic carbocycles. The number of thioether (sulfide) groups is 1. The lowest BCUT2D eigenvalue weighted by Gasteiger charge is -2.32. The SMILES string of the molecule is CCOC(=O)[C@@]1(CCSC)N[C@@H](c2cccc(C)c2)[C@H]2C(=O)N(C)C(=O)[C@H]21. The topological polar surface area (TPSA) is 75.7 Å². The third-order valence-electron chi connectivity index (χ3n) is 5.62. The minimum atomic E-state index is -1.18. The van der Waals surface area contributed by atoms with Gasteiger partial charge in [0.05, 0.1) is 18.4 Å². The van der Waals surface area contributed by atoms with E-state index in [1.807, 2.05) is 37.4 Å². The molecule has 2 fully saturated rings.